The van der Waals surface area contributed by atoms with Crippen molar-refractivity contribution in [2.24, 2.45) is 5.73 Å². The summed E-state index contributed by atoms with van der Waals surface area (Å²) in [5.41, 5.74) is 9.28. The monoisotopic (exact) mass is 207 g/mol. The maximum Gasteiger partial charge on any atom is 0.127 e. The number of benzene rings is 1. The van der Waals surface area contributed by atoms with Gasteiger partial charge in [-0.1, -0.05) is 17.7 Å². The Bertz CT molecular complexity index is 383. The van der Waals surface area contributed by atoms with Crippen molar-refractivity contribution in [1.29, 1.82) is 0 Å². The maximum absolute atomic E-state index is 6.23. The van der Waals surface area contributed by atoms with Gasteiger partial charge in [-0.3, -0.25) is 0 Å². The molecule has 1 fully saturated rings. The van der Waals surface area contributed by atoms with Gasteiger partial charge in [0.15, 0.2) is 0 Å². The second-order valence-corrected chi connectivity index (χ2v) is 4.31. The Morgan fingerprint density at radius 1 is 1.33 bits per heavy atom. The van der Waals surface area contributed by atoms with Gasteiger partial charge in [-0.15, -0.1) is 0 Å². The zero-order valence-corrected chi connectivity index (χ0v) is 9.46. The molecule has 3 nitrogen and oxygen atoms in total. The lowest BCUT2D eigenvalue weighted by Gasteiger charge is -2.39. The van der Waals surface area contributed by atoms with E-state index in [2.05, 4.69) is 19.1 Å². The molecule has 2 N–H and O–H groups in total. The molecule has 0 radical (unpaired) electrons. The van der Waals surface area contributed by atoms with E-state index in [-0.39, 0.29) is 5.54 Å². The minimum Gasteiger partial charge on any atom is -0.496 e. The summed E-state index contributed by atoms with van der Waals surface area (Å²) < 4.78 is 10.6. The average Bonchev–Trinajstić information content (AvgIpc) is 2.13. The highest BCUT2D eigenvalue weighted by molar-refractivity contribution is 5.48. The third-order valence-corrected chi connectivity index (χ3v) is 2.88. The minimum atomic E-state index is -0.359. The minimum absolute atomic E-state index is 0.359. The molecule has 0 atom stereocenters. The molecule has 0 saturated carbocycles. The first-order valence-electron chi connectivity index (χ1n) is 5.09. The van der Waals surface area contributed by atoms with E-state index in [9.17, 15) is 0 Å². The van der Waals surface area contributed by atoms with Gasteiger partial charge in [0.1, 0.15) is 5.75 Å². The smallest absolute Gasteiger partial charge is 0.127 e. The van der Waals surface area contributed by atoms with Gasteiger partial charge in [0.05, 0.1) is 25.9 Å². The van der Waals surface area contributed by atoms with Gasteiger partial charge in [-0.25, -0.2) is 0 Å². The molecule has 1 heterocycles. The molecule has 0 unspecified atom stereocenters. The summed E-state index contributed by atoms with van der Waals surface area (Å²) in [7, 11) is 1.68. The fourth-order valence-corrected chi connectivity index (χ4v) is 2.07. The van der Waals surface area contributed by atoms with Crippen LogP contribution in [0.4, 0.5) is 0 Å². The highest BCUT2D eigenvalue weighted by atomic mass is 16.5. The molecule has 15 heavy (non-hydrogen) atoms. The van der Waals surface area contributed by atoms with Gasteiger partial charge in [0, 0.05) is 5.56 Å². The lowest BCUT2D eigenvalue weighted by molar-refractivity contribution is -0.0578. The lowest BCUT2D eigenvalue weighted by Crippen LogP contribution is -2.54. The normalized spacial score (nSPS) is 18.4. The van der Waals surface area contributed by atoms with Gasteiger partial charge in [-0.05, 0) is 19.4 Å². The fourth-order valence-electron chi connectivity index (χ4n) is 2.07. The zero-order valence-electron chi connectivity index (χ0n) is 9.46. The van der Waals surface area contributed by atoms with Crippen LogP contribution in [0.25, 0.3) is 0 Å². The first-order chi connectivity index (χ1) is 7.07. The van der Waals surface area contributed by atoms with Gasteiger partial charge < -0.3 is 15.2 Å². The van der Waals surface area contributed by atoms with Crippen molar-refractivity contribution in [2.45, 2.75) is 19.4 Å². The Balaban J connectivity index is 2.53. The summed E-state index contributed by atoms with van der Waals surface area (Å²) in [6.07, 6.45) is 0. The fraction of sp³-hybridized carbons (Fsp3) is 0.500. The molecule has 1 aromatic rings. The van der Waals surface area contributed by atoms with Gasteiger partial charge >= 0.3 is 0 Å². The quantitative estimate of drug-likeness (QED) is 0.799. The molecule has 1 aliphatic rings. The van der Waals surface area contributed by atoms with Crippen molar-refractivity contribution in [3.63, 3.8) is 0 Å². The van der Waals surface area contributed by atoms with Crippen molar-refractivity contribution < 1.29 is 9.47 Å². The molecule has 0 spiro atoms. The van der Waals surface area contributed by atoms with E-state index in [1.54, 1.807) is 7.11 Å². The van der Waals surface area contributed by atoms with Crippen LogP contribution < -0.4 is 10.5 Å². The van der Waals surface area contributed by atoms with E-state index in [0.717, 1.165) is 16.9 Å². The molecule has 0 bridgehead atoms. The van der Waals surface area contributed by atoms with E-state index < -0.39 is 0 Å². The molecule has 0 aliphatic carbocycles. The van der Waals surface area contributed by atoms with Crippen LogP contribution in [-0.4, -0.2) is 20.3 Å². The number of methoxy groups -OCH3 is 1. The summed E-state index contributed by atoms with van der Waals surface area (Å²) in [6, 6.07) is 4.19. The van der Waals surface area contributed by atoms with Crippen LogP contribution in [0.1, 0.15) is 16.7 Å². The molecular weight excluding hydrogens is 190 g/mol. The van der Waals surface area contributed by atoms with Crippen LogP contribution in [0.3, 0.4) is 0 Å². The SMILES string of the molecule is COc1c(C)cc(C)cc1C1(N)COC1. The van der Waals surface area contributed by atoms with Crippen LogP contribution in [0.15, 0.2) is 12.1 Å². The summed E-state index contributed by atoms with van der Waals surface area (Å²) >= 11 is 0. The molecule has 2 rings (SSSR count). The predicted octanol–water partition coefficient (Wildman–Crippen LogP) is 1.50. The van der Waals surface area contributed by atoms with Crippen LogP contribution in [0.2, 0.25) is 0 Å². The molecule has 0 amide bonds. The van der Waals surface area contributed by atoms with E-state index >= 15 is 0 Å². The second-order valence-electron chi connectivity index (χ2n) is 4.31. The number of nitrogens with two attached hydrogens (primary N) is 1. The van der Waals surface area contributed by atoms with E-state index in [1.165, 1.54) is 5.56 Å². The van der Waals surface area contributed by atoms with Crippen molar-refractivity contribution >= 4 is 0 Å². The number of rotatable bonds is 2. The molecular formula is C12H17NO2. The van der Waals surface area contributed by atoms with Crippen LogP contribution in [0.5, 0.6) is 5.75 Å². The third-order valence-electron chi connectivity index (χ3n) is 2.88. The number of ether oxygens (including phenoxy) is 2. The van der Waals surface area contributed by atoms with Gasteiger partial charge in [0.25, 0.3) is 0 Å². The highest BCUT2D eigenvalue weighted by Gasteiger charge is 2.38. The van der Waals surface area contributed by atoms with E-state index in [4.69, 9.17) is 15.2 Å². The Morgan fingerprint density at radius 2 is 2.00 bits per heavy atom. The molecule has 0 aromatic heterocycles. The van der Waals surface area contributed by atoms with Gasteiger partial charge in [0.2, 0.25) is 0 Å². The molecule has 1 aliphatic heterocycles. The van der Waals surface area contributed by atoms with Crippen molar-refractivity contribution in [3.8, 4) is 5.75 Å². The van der Waals surface area contributed by atoms with Crippen LogP contribution >= 0.6 is 0 Å². The zero-order chi connectivity index (χ0) is 11.1. The van der Waals surface area contributed by atoms with Crippen molar-refractivity contribution in [3.05, 3.63) is 28.8 Å². The van der Waals surface area contributed by atoms with Gasteiger partial charge in [-0.2, -0.15) is 0 Å². The van der Waals surface area contributed by atoms with Crippen LogP contribution in [0, 0.1) is 13.8 Å². The molecule has 1 aromatic carbocycles. The largest absolute Gasteiger partial charge is 0.496 e. The summed E-state index contributed by atoms with van der Waals surface area (Å²) in [5.74, 6) is 0.895. The predicted molar refractivity (Wildman–Crippen MR) is 59.2 cm³/mol. The number of hydrogen-bond acceptors (Lipinski definition) is 3. The van der Waals surface area contributed by atoms with Crippen molar-refractivity contribution in [2.75, 3.05) is 20.3 Å². The molecule has 82 valence electrons. The number of hydrogen-bond donors (Lipinski definition) is 1. The second kappa shape index (κ2) is 3.51. The molecule has 3 heteroatoms. The Labute approximate surface area is 90.2 Å². The average molecular weight is 207 g/mol. The van der Waals surface area contributed by atoms with E-state index in [0.29, 0.717) is 13.2 Å². The summed E-state index contributed by atoms with van der Waals surface area (Å²) in [6.45, 7) is 5.26. The standard InChI is InChI=1S/C12H17NO2/c1-8-4-9(2)11(14-3)10(5-8)12(13)6-15-7-12/h4-5H,6-7,13H2,1-3H3. The lowest BCUT2D eigenvalue weighted by atomic mass is 9.86. The third kappa shape index (κ3) is 1.62. The summed E-state index contributed by atoms with van der Waals surface area (Å²) in [4.78, 5) is 0. The topological polar surface area (TPSA) is 44.5 Å². The Morgan fingerprint density at radius 3 is 2.47 bits per heavy atom. The first-order valence-corrected chi connectivity index (χ1v) is 5.09. The number of aryl methyl sites for hydroxylation is 2. The molecule has 1 saturated heterocycles. The first kappa shape index (κ1) is 10.5. The van der Waals surface area contributed by atoms with Crippen molar-refractivity contribution in [1.82, 2.24) is 0 Å². The Kier molecular flexibility index (Phi) is 2.44. The van der Waals surface area contributed by atoms with Crippen LogP contribution in [-0.2, 0) is 10.3 Å². The summed E-state index contributed by atoms with van der Waals surface area (Å²) in [5, 5.41) is 0. The highest BCUT2D eigenvalue weighted by Crippen LogP contribution is 2.36. The van der Waals surface area contributed by atoms with E-state index in [1.807, 2.05) is 6.92 Å². The Hall–Kier alpha value is -1.06. The maximum atomic E-state index is 6.23.